The molecule has 0 spiro atoms. The molecule has 11 heteroatoms. The van der Waals surface area contributed by atoms with Crippen LogP contribution in [0.25, 0.3) is 0 Å². The lowest BCUT2D eigenvalue weighted by molar-refractivity contribution is -0.445. The van der Waals surface area contributed by atoms with Crippen LogP contribution in [0.4, 0.5) is 0 Å². The molecular weight excluding hydrogens is 320 g/mol. The highest BCUT2D eigenvalue weighted by Gasteiger charge is 2.47. The average Bonchev–Trinajstić information content (AvgIpc) is 2.45. The third kappa shape index (κ3) is 7.32. The lowest BCUT2D eigenvalue weighted by Crippen LogP contribution is -2.59. The second kappa shape index (κ2) is 9.76. The third-order valence-corrected chi connectivity index (χ3v) is 3.16. The number of hydrogen-bond donors (Lipinski definition) is 10. The van der Waals surface area contributed by atoms with E-state index < -0.39 is 68.8 Å². The maximum Gasteiger partial charge on any atom is 0.283 e. The van der Waals surface area contributed by atoms with Gasteiger partial charge in [-0.2, -0.15) is 0 Å². The lowest BCUT2D eigenvalue weighted by atomic mass is 10.0. The summed E-state index contributed by atoms with van der Waals surface area (Å²) in [4.78, 5) is 0. The van der Waals surface area contributed by atoms with Crippen LogP contribution in [0.1, 0.15) is 19.3 Å². The maximum absolute atomic E-state index is 9.91. The fourth-order valence-corrected chi connectivity index (χ4v) is 1.83. The van der Waals surface area contributed by atoms with E-state index >= 15 is 0 Å². The molecule has 5 atom stereocenters. The van der Waals surface area contributed by atoms with Crippen molar-refractivity contribution >= 4 is 0 Å². The summed E-state index contributed by atoms with van der Waals surface area (Å²) >= 11 is 0. The molecule has 10 N–H and O–H groups in total. The number of aliphatic hydroxyl groups excluding tert-OH is 7. The Labute approximate surface area is 132 Å². The van der Waals surface area contributed by atoms with Crippen LogP contribution in [0.3, 0.4) is 0 Å². The van der Waals surface area contributed by atoms with E-state index in [1.165, 1.54) is 0 Å². The van der Waals surface area contributed by atoms with Crippen molar-refractivity contribution in [2.75, 3.05) is 19.8 Å². The maximum atomic E-state index is 9.91. The van der Waals surface area contributed by atoms with Crippen molar-refractivity contribution in [3.8, 4) is 0 Å². The molecule has 0 aliphatic heterocycles. The zero-order valence-corrected chi connectivity index (χ0v) is 12.4. The molecule has 0 heterocycles. The van der Waals surface area contributed by atoms with Crippen LogP contribution in [-0.2, 0) is 4.74 Å². The number of ether oxygens (including phenoxy) is 1. The molecule has 0 bridgehead atoms. The van der Waals surface area contributed by atoms with Crippen LogP contribution in [-0.4, -0.2) is 107 Å². The first kappa shape index (κ1) is 22.6. The van der Waals surface area contributed by atoms with Gasteiger partial charge < -0.3 is 51.1 Å². The van der Waals surface area contributed by atoms with Gasteiger partial charge in [-0.3, -0.25) is 4.74 Å². The monoisotopic (exact) mass is 346 g/mol. The van der Waals surface area contributed by atoms with Crippen LogP contribution in [0.15, 0.2) is 0 Å². The van der Waals surface area contributed by atoms with Crippen molar-refractivity contribution < 1.29 is 55.8 Å². The van der Waals surface area contributed by atoms with Gasteiger partial charge in [0.25, 0.3) is 5.97 Å². The molecule has 0 aromatic rings. The Morgan fingerprint density at radius 2 is 1.22 bits per heavy atom. The molecule has 11 nitrogen and oxygen atoms in total. The number of hydrogen-bond acceptors (Lipinski definition) is 11. The average molecular weight is 346 g/mol. The van der Waals surface area contributed by atoms with Gasteiger partial charge in [-0.05, 0) is 12.8 Å². The largest absolute Gasteiger partial charge is 0.396 e. The fourth-order valence-electron chi connectivity index (χ4n) is 1.83. The SMILES string of the molecule is OCCC(O)C(O)CC(O)(O)OC(O)(CO)C(O)C(O)CCO. The van der Waals surface area contributed by atoms with Gasteiger partial charge in [-0.15, -0.1) is 0 Å². The van der Waals surface area contributed by atoms with E-state index in [1.54, 1.807) is 0 Å². The number of rotatable bonds is 12. The molecule has 140 valence electrons. The highest BCUT2D eigenvalue weighted by molar-refractivity contribution is 4.84. The van der Waals surface area contributed by atoms with Gasteiger partial charge in [0.05, 0.1) is 31.3 Å². The zero-order chi connectivity index (χ0) is 18.3. The Balaban J connectivity index is 4.92. The summed E-state index contributed by atoms with van der Waals surface area (Å²) in [6, 6.07) is 0. The molecule has 0 saturated carbocycles. The van der Waals surface area contributed by atoms with Crippen LogP contribution < -0.4 is 0 Å². The van der Waals surface area contributed by atoms with Crippen molar-refractivity contribution in [3.63, 3.8) is 0 Å². The first-order valence-corrected chi connectivity index (χ1v) is 6.95. The van der Waals surface area contributed by atoms with Crippen molar-refractivity contribution in [3.05, 3.63) is 0 Å². The highest BCUT2D eigenvalue weighted by atomic mass is 16.8. The molecule has 5 unspecified atom stereocenters. The summed E-state index contributed by atoms with van der Waals surface area (Å²) in [6.07, 6.45) is -8.96. The second-order valence-corrected chi connectivity index (χ2v) is 5.22. The van der Waals surface area contributed by atoms with E-state index in [9.17, 15) is 35.7 Å². The number of aliphatic hydroxyl groups is 10. The standard InChI is InChI=1S/C12H26O11/c13-3-1-7(16)9(18)5-12(21,22)23-11(20,6-15)10(19)8(17)2-4-14/h7-10,13-22H,1-6H2. The van der Waals surface area contributed by atoms with Gasteiger partial charge in [0.15, 0.2) is 0 Å². The second-order valence-electron chi connectivity index (χ2n) is 5.22. The molecule has 23 heavy (non-hydrogen) atoms. The Morgan fingerprint density at radius 3 is 1.65 bits per heavy atom. The van der Waals surface area contributed by atoms with Gasteiger partial charge >= 0.3 is 0 Å². The molecule has 0 aliphatic rings. The minimum Gasteiger partial charge on any atom is -0.396 e. The third-order valence-electron chi connectivity index (χ3n) is 3.16. The predicted octanol–water partition coefficient (Wildman–Crippen LogP) is -5.08. The summed E-state index contributed by atoms with van der Waals surface area (Å²) in [5.41, 5.74) is 0. The van der Waals surface area contributed by atoms with Crippen molar-refractivity contribution in [2.24, 2.45) is 0 Å². The fraction of sp³-hybridized carbons (Fsp3) is 1.00. The predicted molar refractivity (Wildman–Crippen MR) is 72.3 cm³/mol. The van der Waals surface area contributed by atoms with Crippen LogP contribution in [0, 0.1) is 0 Å². The van der Waals surface area contributed by atoms with Crippen molar-refractivity contribution in [1.82, 2.24) is 0 Å². The Bertz CT molecular complexity index is 326. The highest BCUT2D eigenvalue weighted by Crippen LogP contribution is 2.25. The molecule has 0 amide bonds. The van der Waals surface area contributed by atoms with Crippen LogP contribution in [0.5, 0.6) is 0 Å². The molecule has 0 fully saturated rings. The molecule has 0 saturated heterocycles. The normalized spacial score (nSPS) is 20.6. The topological polar surface area (TPSA) is 212 Å². The Kier molecular flexibility index (Phi) is 9.57. The quantitative estimate of drug-likeness (QED) is 0.151. The van der Waals surface area contributed by atoms with Crippen LogP contribution in [0.2, 0.25) is 0 Å². The van der Waals surface area contributed by atoms with E-state index in [1.807, 2.05) is 0 Å². The minimum atomic E-state index is -3.28. The summed E-state index contributed by atoms with van der Waals surface area (Å²) in [6.45, 7) is -2.39. The van der Waals surface area contributed by atoms with E-state index in [0.717, 1.165) is 0 Å². The molecular formula is C12H26O11. The van der Waals surface area contributed by atoms with Gasteiger partial charge in [0.2, 0.25) is 5.79 Å². The van der Waals surface area contributed by atoms with E-state index in [4.69, 9.17) is 15.3 Å². The summed E-state index contributed by atoms with van der Waals surface area (Å²) in [7, 11) is 0. The van der Waals surface area contributed by atoms with E-state index in [-0.39, 0.29) is 6.42 Å². The Morgan fingerprint density at radius 1 is 0.739 bits per heavy atom. The molecule has 0 aliphatic carbocycles. The summed E-state index contributed by atoms with van der Waals surface area (Å²) < 4.78 is 4.39. The van der Waals surface area contributed by atoms with Crippen LogP contribution >= 0.6 is 0 Å². The minimum absolute atomic E-state index is 0.265. The summed E-state index contributed by atoms with van der Waals surface area (Å²) in [5.74, 6) is -6.30. The smallest absolute Gasteiger partial charge is 0.283 e. The summed E-state index contributed by atoms with van der Waals surface area (Å²) in [5, 5.41) is 93.6. The molecule has 0 aromatic carbocycles. The molecule has 0 rings (SSSR count). The van der Waals surface area contributed by atoms with Crippen molar-refractivity contribution in [1.29, 1.82) is 0 Å². The van der Waals surface area contributed by atoms with E-state index in [2.05, 4.69) is 4.74 Å². The zero-order valence-electron chi connectivity index (χ0n) is 12.4. The first-order chi connectivity index (χ1) is 10.5. The van der Waals surface area contributed by atoms with Crippen molar-refractivity contribution in [2.45, 2.75) is 55.4 Å². The molecule has 0 radical (unpaired) electrons. The Hall–Kier alpha value is -0.440. The molecule has 0 aromatic heterocycles. The van der Waals surface area contributed by atoms with E-state index in [0.29, 0.717) is 0 Å². The van der Waals surface area contributed by atoms with Gasteiger partial charge in [-0.25, -0.2) is 0 Å². The first-order valence-electron chi connectivity index (χ1n) is 6.95. The van der Waals surface area contributed by atoms with Gasteiger partial charge in [0.1, 0.15) is 6.10 Å². The van der Waals surface area contributed by atoms with Gasteiger partial charge in [0, 0.05) is 13.2 Å². The van der Waals surface area contributed by atoms with Gasteiger partial charge in [-0.1, -0.05) is 0 Å². The lowest BCUT2D eigenvalue weighted by Gasteiger charge is -2.38.